The Morgan fingerprint density at radius 2 is 1.36 bits per heavy atom. The Hall–Kier alpha value is -1.26. The number of aromatic nitrogens is 2. The molecule has 1 unspecified atom stereocenters. The standard InChI is InChI=1S/C9H14N2O12P2.2C6H15N/c12-5-1-2-11(9(15)10-5)8-7(14)6(13)4(22-8)3-21-25(19,20)23-24(16,17)18;2*1-4-7(5-2)6-3/h1-2,4,6-8,13-14H,3H2,(H,19,20)(H,10,12,15)(H2,16,17,18);2*4-6H2,1-3H3/t4-,6-,7-,8-;;/m1../s1. The fourth-order valence-corrected chi connectivity index (χ4v) is 4.99. The van der Waals surface area contributed by atoms with E-state index in [1.807, 2.05) is 4.98 Å². The molecule has 39 heavy (non-hydrogen) atoms. The van der Waals surface area contributed by atoms with Crippen molar-refractivity contribution in [1.29, 1.82) is 0 Å². The fourth-order valence-electron chi connectivity index (χ4n) is 3.39. The lowest BCUT2D eigenvalue weighted by Crippen LogP contribution is -2.37. The summed E-state index contributed by atoms with van der Waals surface area (Å²) in [6.07, 6.45) is -5.25. The van der Waals surface area contributed by atoms with Crippen LogP contribution in [-0.4, -0.2) is 108 Å². The summed E-state index contributed by atoms with van der Waals surface area (Å²) in [4.78, 5) is 55.4. The summed E-state index contributed by atoms with van der Waals surface area (Å²) in [6.45, 7) is 19.3. The molecule has 18 heteroatoms. The van der Waals surface area contributed by atoms with E-state index in [1.54, 1.807) is 0 Å². The van der Waals surface area contributed by atoms with E-state index in [9.17, 15) is 28.9 Å². The highest BCUT2D eigenvalue weighted by Gasteiger charge is 2.45. The number of aliphatic hydroxyl groups excluding tert-OH is 2. The molecule has 1 aromatic heterocycles. The second-order valence-corrected chi connectivity index (χ2v) is 11.0. The topological polar surface area (TPSA) is 224 Å². The lowest BCUT2D eigenvalue weighted by atomic mass is 10.1. The number of ether oxygens (including phenoxy) is 1. The van der Waals surface area contributed by atoms with Gasteiger partial charge in [0.1, 0.15) is 18.3 Å². The molecule has 5 atom stereocenters. The van der Waals surface area contributed by atoms with Crippen LogP contribution < -0.4 is 11.2 Å². The molecule has 16 nitrogen and oxygen atoms in total. The SMILES string of the molecule is CCN(CC)CC.CCN(CC)CC.O=c1ccn([C@@H]2O[C@H](COP(=O)(O)OP(=O)(O)O)[C@@H](O)[C@H]2O)c(=O)[nH]1. The van der Waals surface area contributed by atoms with Gasteiger partial charge >= 0.3 is 21.3 Å². The summed E-state index contributed by atoms with van der Waals surface area (Å²) in [7, 11) is -10.5. The van der Waals surface area contributed by atoms with Crippen LogP contribution in [0.15, 0.2) is 21.9 Å². The number of phosphoric acid groups is 2. The van der Waals surface area contributed by atoms with Crippen molar-refractivity contribution in [3.63, 3.8) is 0 Å². The van der Waals surface area contributed by atoms with Crippen LogP contribution in [-0.2, 0) is 22.7 Å². The lowest BCUT2D eigenvalue weighted by molar-refractivity contribution is -0.0542. The van der Waals surface area contributed by atoms with Gasteiger partial charge in [0.2, 0.25) is 0 Å². The molecule has 6 N–H and O–H groups in total. The molecule has 2 rings (SSSR count). The maximum atomic E-state index is 11.7. The van der Waals surface area contributed by atoms with Crippen LogP contribution in [0.25, 0.3) is 0 Å². The minimum Gasteiger partial charge on any atom is -0.387 e. The Bertz CT molecular complexity index is 1000. The van der Waals surface area contributed by atoms with Crippen LogP contribution in [0.4, 0.5) is 0 Å². The van der Waals surface area contributed by atoms with Crippen LogP contribution in [0.3, 0.4) is 0 Å². The van der Waals surface area contributed by atoms with Crippen molar-refractivity contribution < 1.29 is 47.6 Å². The maximum Gasteiger partial charge on any atom is 0.481 e. The number of hydrogen-bond acceptors (Lipinski definition) is 11. The average molecular weight is 607 g/mol. The molecule has 1 aliphatic rings. The third kappa shape index (κ3) is 14.3. The first-order valence-corrected chi connectivity index (χ1v) is 15.6. The minimum atomic E-state index is -5.32. The predicted molar refractivity (Wildman–Crippen MR) is 143 cm³/mol. The number of nitrogens with zero attached hydrogens (tertiary/aromatic N) is 3. The van der Waals surface area contributed by atoms with Gasteiger partial charge in [0, 0.05) is 12.3 Å². The van der Waals surface area contributed by atoms with Gasteiger partial charge in [-0.05, 0) is 39.3 Å². The van der Waals surface area contributed by atoms with Gasteiger partial charge in [0.15, 0.2) is 6.23 Å². The zero-order valence-electron chi connectivity index (χ0n) is 23.2. The Balaban J connectivity index is 0.000000848. The van der Waals surface area contributed by atoms with E-state index in [-0.39, 0.29) is 0 Å². The first kappa shape index (κ1) is 37.7. The Morgan fingerprint density at radius 1 is 0.897 bits per heavy atom. The zero-order chi connectivity index (χ0) is 30.4. The first-order valence-electron chi connectivity index (χ1n) is 12.6. The monoisotopic (exact) mass is 606 g/mol. The Labute approximate surface area is 228 Å². The van der Waals surface area contributed by atoms with Crippen molar-refractivity contribution in [2.75, 3.05) is 45.9 Å². The Kier molecular flexibility index (Phi) is 17.6. The Morgan fingerprint density at radius 3 is 1.72 bits per heavy atom. The van der Waals surface area contributed by atoms with Gasteiger partial charge in [-0.15, -0.1) is 0 Å². The molecule has 1 aliphatic heterocycles. The summed E-state index contributed by atoms with van der Waals surface area (Å²) in [5, 5.41) is 19.8. The van der Waals surface area contributed by atoms with Crippen LogP contribution in [0.1, 0.15) is 47.8 Å². The second kappa shape index (κ2) is 18.2. The maximum absolute atomic E-state index is 11.7. The third-order valence-electron chi connectivity index (χ3n) is 5.76. The quantitative estimate of drug-likeness (QED) is 0.173. The van der Waals surface area contributed by atoms with E-state index in [2.05, 4.69) is 60.2 Å². The average Bonchev–Trinajstić information content (AvgIpc) is 3.13. The molecule has 1 aromatic rings. The van der Waals surface area contributed by atoms with Gasteiger partial charge in [-0.2, -0.15) is 4.31 Å². The molecular weight excluding hydrogens is 562 g/mol. The van der Waals surface area contributed by atoms with E-state index in [0.717, 1.165) is 16.8 Å². The summed E-state index contributed by atoms with van der Waals surface area (Å²) in [5.74, 6) is 0. The number of rotatable bonds is 12. The number of aromatic amines is 1. The smallest absolute Gasteiger partial charge is 0.387 e. The van der Waals surface area contributed by atoms with E-state index < -0.39 is 58.0 Å². The van der Waals surface area contributed by atoms with Crippen molar-refractivity contribution in [3.05, 3.63) is 33.1 Å². The van der Waals surface area contributed by atoms with Gasteiger partial charge in [0.05, 0.1) is 6.61 Å². The molecule has 1 saturated heterocycles. The molecule has 0 amide bonds. The molecule has 0 radical (unpaired) electrons. The molecule has 0 aliphatic carbocycles. The molecule has 0 bridgehead atoms. The molecule has 2 heterocycles. The largest absolute Gasteiger partial charge is 0.481 e. The van der Waals surface area contributed by atoms with E-state index in [1.165, 1.54) is 39.3 Å². The predicted octanol–water partition coefficient (Wildman–Crippen LogP) is 0.0783. The van der Waals surface area contributed by atoms with Crippen LogP contribution >= 0.6 is 15.6 Å². The summed E-state index contributed by atoms with van der Waals surface area (Å²) in [6, 6.07) is 0.962. The van der Waals surface area contributed by atoms with Crippen molar-refractivity contribution >= 4 is 15.6 Å². The first-order chi connectivity index (χ1) is 18.1. The molecule has 1 fully saturated rings. The van der Waals surface area contributed by atoms with Crippen molar-refractivity contribution in [2.24, 2.45) is 0 Å². The molecule has 0 spiro atoms. The highest BCUT2D eigenvalue weighted by atomic mass is 31.3. The van der Waals surface area contributed by atoms with Crippen molar-refractivity contribution in [2.45, 2.75) is 66.1 Å². The van der Waals surface area contributed by atoms with E-state index in [4.69, 9.17) is 19.4 Å². The van der Waals surface area contributed by atoms with Gasteiger partial charge in [-0.1, -0.05) is 41.5 Å². The number of H-pyrrole nitrogens is 1. The van der Waals surface area contributed by atoms with E-state index >= 15 is 0 Å². The summed E-state index contributed by atoms with van der Waals surface area (Å²) in [5.41, 5.74) is -1.65. The van der Waals surface area contributed by atoms with Gasteiger partial charge < -0.3 is 39.4 Å². The molecule has 0 saturated carbocycles. The van der Waals surface area contributed by atoms with Gasteiger partial charge in [-0.25, -0.2) is 13.9 Å². The van der Waals surface area contributed by atoms with Gasteiger partial charge in [-0.3, -0.25) is 18.9 Å². The van der Waals surface area contributed by atoms with Crippen LogP contribution in [0.5, 0.6) is 0 Å². The molecule has 0 aromatic carbocycles. The fraction of sp³-hybridized carbons (Fsp3) is 0.810. The van der Waals surface area contributed by atoms with Crippen molar-refractivity contribution in [3.8, 4) is 0 Å². The number of aliphatic hydroxyl groups is 2. The molecule has 230 valence electrons. The normalized spacial score (nSPS) is 22.6. The number of nitrogens with one attached hydrogen (secondary N) is 1. The third-order valence-corrected chi connectivity index (χ3v) is 7.91. The molecular formula is C21H44N4O12P2. The van der Waals surface area contributed by atoms with Crippen LogP contribution in [0, 0.1) is 0 Å². The highest BCUT2D eigenvalue weighted by molar-refractivity contribution is 7.60. The second-order valence-electron chi connectivity index (χ2n) is 8.14. The van der Waals surface area contributed by atoms with Gasteiger partial charge in [0.25, 0.3) is 5.56 Å². The summed E-state index contributed by atoms with van der Waals surface area (Å²) < 4.78 is 35.6. The van der Waals surface area contributed by atoms with E-state index in [0.29, 0.717) is 0 Å². The highest BCUT2D eigenvalue weighted by Crippen LogP contribution is 2.57. The zero-order valence-corrected chi connectivity index (χ0v) is 25.0. The van der Waals surface area contributed by atoms with Crippen LogP contribution in [0.2, 0.25) is 0 Å². The van der Waals surface area contributed by atoms with Crippen molar-refractivity contribution in [1.82, 2.24) is 19.4 Å². The minimum absolute atomic E-state index is 0.704. The lowest BCUT2D eigenvalue weighted by Gasteiger charge is -2.17. The summed E-state index contributed by atoms with van der Waals surface area (Å²) >= 11 is 0. The number of phosphoric ester groups is 1. The number of hydrogen-bond donors (Lipinski definition) is 6.